The van der Waals surface area contributed by atoms with E-state index in [2.05, 4.69) is 0 Å². The van der Waals surface area contributed by atoms with Crippen molar-refractivity contribution in [3.8, 4) is 0 Å². The van der Waals surface area contributed by atoms with Crippen LogP contribution < -0.4 is 0 Å². The van der Waals surface area contributed by atoms with E-state index in [0.717, 1.165) is 6.92 Å². The fourth-order valence-electron chi connectivity index (χ4n) is 0.260. The molecule has 0 amide bonds. The Bertz CT molecular complexity index is 140. The van der Waals surface area contributed by atoms with Crippen LogP contribution in [0.25, 0.3) is 0 Å². The normalized spacial score (nSPS) is 12.2. The monoisotopic (exact) mass is 136 g/mol. The fraction of sp³-hybridized carbons (Fsp3) is 0.400. The molecule has 0 aromatic rings. The number of rotatable bonds is 2. The first kappa shape index (κ1) is 8.07. The molecular formula is C5H6F2O2. The summed E-state index contributed by atoms with van der Waals surface area (Å²) in [7, 11) is 0. The molecule has 0 saturated carbocycles. The van der Waals surface area contributed by atoms with Crippen LogP contribution in [0.1, 0.15) is 6.92 Å². The van der Waals surface area contributed by atoms with Gasteiger partial charge in [-0.15, -0.1) is 0 Å². The van der Waals surface area contributed by atoms with E-state index in [4.69, 9.17) is 5.11 Å². The Hall–Kier alpha value is -0.930. The van der Waals surface area contributed by atoms with Gasteiger partial charge in [0, 0.05) is 5.57 Å². The molecule has 0 radical (unpaired) electrons. The van der Waals surface area contributed by atoms with E-state index in [0.29, 0.717) is 6.08 Å². The Labute approximate surface area is 50.8 Å². The van der Waals surface area contributed by atoms with Crippen molar-refractivity contribution < 1.29 is 18.7 Å². The van der Waals surface area contributed by atoms with Crippen LogP contribution in [0.15, 0.2) is 11.6 Å². The molecule has 0 aliphatic carbocycles. The molecule has 0 rings (SSSR count). The number of hydrogen-bond acceptors (Lipinski definition) is 1. The summed E-state index contributed by atoms with van der Waals surface area (Å²) in [6.07, 6.45) is -2.29. The number of halogens is 2. The van der Waals surface area contributed by atoms with Crippen LogP contribution in [-0.2, 0) is 4.79 Å². The van der Waals surface area contributed by atoms with Crippen molar-refractivity contribution >= 4 is 5.97 Å². The van der Waals surface area contributed by atoms with E-state index in [1.54, 1.807) is 0 Å². The third-order valence-electron chi connectivity index (χ3n) is 0.713. The van der Waals surface area contributed by atoms with Crippen molar-refractivity contribution in [2.75, 3.05) is 0 Å². The average Bonchev–Trinajstić information content (AvgIpc) is 1.63. The molecule has 9 heavy (non-hydrogen) atoms. The lowest BCUT2D eigenvalue weighted by atomic mass is 10.3. The zero-order valence-electron chi connectivity index (χ0n) is 4.77. The van der Waals surface area contributed by atoms with E-state index in [9.17, 15) is 13.6 Å². The smallest absolute Gasteiger partial charge is 0.331 e. The van der Waals surface area contributed by atoms with Gasteiger partial charge >= 0.3 is 5.97 Å². The molecule has 0 spiro atoms. The van der Waals surface area contributed by atoms with E-state index < -0.39 is 12.4 Å². The van der Waals surface area contributed by atoms with E-state index in [1.165, 1.54) is 0 Å². The molecule has 4 heteroatoms. The van der Waals surface area contributed by atoms with Crippen LogP contribution in [-0.4, -0.2) is 17.5 Å². The Balaban J connectivity index is 4.00. The molecule has 0 aromatic carbocycles. The summed E-state index contributed by atoms with van der Waals surface area (Å²) in [5.74, 6) is -1.31. The summed E-state index contributed by atoms with van der Waals surface area (Å²) in [6, 6.07) is 0. The van der Waals surface area contributed by atoms with Crippen molar-refractivity contribution in [1.82, 2.24) is 0 Å². The highest BCUT2D eigenvalue weighted by atomic mass is 19.3. The summed E-state index contributed by atoms with van der Waals surface area (Å²) < 4.78 is 22.6. The predicted octanol–water partition coefficient (Wildman–Crippen LogP) is 1.28. The minimum Gasteiger partial charge on any atom is -0.478 e. The predicted molar refractivity (Wildman–Crippen MR) is 27.4 cm³/mol. The third-order valence-corrected chi connectivity index (χ3v) is 0.713. The maximum Gasteiger partial charge on any atom is 0.331 e. The van der Waals surface area contributed by atoms with E-state index in [1.807, 2.05) is 0 Å². The number of alkyl halides is 2. The zero-order chi connectivity index (χ0) is 7.44. The van der Waals surface area contributed by atoms with E-state index in [-0.39, 0.29) is 5.57 Å². The summed E-state index contributed by atoms with van der Waals surface area (Å²) in [5, 5.41) is 8.03. The quantitative estimate of drug-likeness (QED) is 0.580. The van der Waals surface area contributed by atoms with Crippen LogP contribution in [0.3, 0.4) is 0 Å². The van der Waals surface area contributed by atoms with Gasteiger partial charge in [-0.2, -0.15) is 0 Å². The number of hydrogen-bond donors (Lipinski definition) is 1. The number of allylic oxidation sites excluding steroid dienone is 1. The first-order chi connectivity index (χ1) is 4.04. The second kappa shape index (κ2) is 3.17. The molecular weight excluding hydrogens is 130 g/mol. The first-order valence-electron chi connectivity index (χ1n) is 2.24. The van der Waals surface area contributed by atoms with Crippen molar-refractivity contribution in [3.63, 3.8) is 0 Å². The Morgan fingerprint density at radius 1 is 1.67 bits per heavy atom. The molecule has 0 saturated heterocycles. The number of carboxylic acid groups (broad SMARTS) is 1. The molecule has 0 unspecified atom stereocenters. The minimum absolute atomic E-state index is 0.329. The molecule has 0 aromatic heterocycles. The molecule has 1 N–H and O–H groups in total. The van der Waals surface area contributed by atoms with Crippen LogP contribution in [0.5, 0.6) is 0 Å². The van der Waals surface area contributed by atoms with Gasteiger partial charge in [0.25, 0.3) is 6.43 Å². The molecule has 0 atom stereocenters. The van der Waals surface area contributed by atoms with Gasteiger partial charge in [-0.3, -0.25) is 0 Å². The number of carboxylic acids is 1. The van der Waals surface area contributed by atoms with Crippen LogP contribution in [0, 0.1) is 0 Å². The van der Waals surface area contributed by atoms with Gasteiger partial charge in [0.15, 0.2) is 0 Å². The van der Waals surface area contributed by atoms with Gasteiger partial charge < -0.3 is 5.11 Å². The van der Waals surface area contributed by atoms with Crippen LogP contribution in [0.2, 0.25) is 0 Å². The first-order valence-corrected chi connectivity index (χ1v) is 2.24. The Kier molecular flexibility index (Phi) is 2.84. The highest BCUT2D eigenvalue weighted by Gasteiger charge is 2.03. The second-order valence-electron chi connectivity index (χ2n) is 1.49. The Morgan fingerprint density at radius 3 is 2.22 bits per heavy atom. The molecule has 0 heterocycles. The number of carbonyl (C=O) groups is 1. The summed E-state index contributed by atoms with van der Waals surface area (Å²) in [6.45, 7) is 1.12. The number of aliphatic carboxylic acids is 1. The molecule has 0 fully saturated rings. The molecule has 0 aliphatic heterocycles. The molecule has 2 nitrogen and oxygen atoms in total. The highest BCUT2D eigenvalue weighted by molar-refractivity contribution is 5.85. The zero-order valence-corrected chi connectivity index (χ0v) is 4.77. The third kappa shape index (κ3) is 3.64. The van der Waals surface area contributed by atoms with Gasteiger partial charge in [-0.1, -0.05) is 0 Å². The maximum atomic E-state index is 11.3. The lowest BCUT2D eigenvalue weighted by molar-refractivity contribution is -0.132. The van der Waals surface area contributed by atoms with Crippen molar-refractivity contribution in [2.24, 2.45) is 0 Å². The Morgan fingerprint density at radius 2 is 2.11 bits per heavy atom. The standard InChI is InChI=1S/C5H6F2O2/c1-3(5(8)9)2-4(6)7/h2,4H,1H3,(H,8,9). The fourth-order valence-corrected chi connectivity index (χ4v) is 0.260. The van der Waals surface area contributed by atoms with Gasteiger partial charge in [0.05, 0.1) is 0 Å². The van der Waals surface area contributed by atoms with E-state index >= 15 is 0 Å². The summed E-state index contributed by atoms with van der Waals surface area (Å²) in [5.41, 5.74) is -0.329. The van der Waals surface area contributed by atoms with Crippen molar-refractivity contribution in [3.05, 3.63) is 11.6 Å². The van der Waals surface area contributed by atoms with Gasteiger partial charge in [0.2, 0.25) is 0 Å². The van der Waals surface area contributed by atoms with Crippen LogP contribution >= 0.6 is 0 Å². The molecule has 52 valence electrons. The topological polar surface area (TPSA) is 37.3 Å². The maximum absolute atomic E-state index is 11.3. The summed E-state index contributed by atoms with van der Waals surface area (Å²) >= 11 is 0. The van der Waals surface area contributed by atoms with Gasteiger partial charge in [-0.25, -0.2) is 13.6 Å². The average molecular weight is 136 g/mol. The lowest BCUT2D eigenvalue weighted by Gasteiger charge is -1.90. The van der Waals surface area contributed by atoms with Gasteiger partial charge in [-0.05, 0) is 13.0 Å². The largest absolute Gasteiger partial charge is 0.478 e. The SMILES string of the molecule is CC(=CC(F)F)C(=O)O. The molecule has 0 aliphatic rings. The van der Waals surface area contributed by atoms with Gasteiger partial charge in [0.1, 0.15) is 0 Å². The highest BCUT2D eigenvalue weighted by Crippen LogP contribution is 1.99. The minimum atomic E-state index is -2.68. The second-order valence-corrected chi connectivity index (χ2v) is 1.49. The van der Waals surface area contributed by atoms with Crippen LogP contribution in [0.4, 0.5) is 8.78 Å². The lowest BCUT2D eigenvalue weighted by Crippen LogP contribution is -1.98. The van der Waals surface area contributed by atoms with Crippen molar-refractivity contribution in [1.29, 1.82) is 0 Å². The van der Waals surface area contributed by atoms with Crippen molar-refractivity contribution in [2.45, 2.75) is 13.3 Å². The molecule has 0 bridgehead atoms. The summed E-state index contributed by atoms with van der Waals surface area (Å²) in [4.78, 5) is 9.83.